The fraction of sp³-hybridized carbons (Fsp3) is 0.250. The molecule has 0 saturated heterocycles. The maximum Gasteiger partial charge on any atom is 0.335 e. The molecule has 10 heteroatoms. The van der Waals surface area contributed by atoms with E-state index in [1.165, 1.54) is 22.3 Å². The molecule has 10 nitrogen and oxygen atoms in total. The molecule has 0 spiro atoms. The van der Waals surface area contributed by atoms with Gasteiger partial charge in [-0.15, -0.1) is 0 Å². The van der Waals surface area contributed by atoms with Gasteiger partial charge in [0.15, 0.2) is 5.65 Å². The van der Waals surface area contributed by atoms with E-state index in [1.807, 2.05) is 18.2 Å². The van der Waals surface area contributed by atoms with Crippen LogP contribution in [0.3, 0.4) is 0 Å². The van der Waals surface area contributed by atoms with Crippen LogP contribution in [0.1, 0.15) is 71.6 Å². The van der Waals surface area contributed by atoms with Gasteiger partial charge in [0, 0.05) is 30.9 Å². The van der Waals surface area contributed by atoms with E-state index in [2.05, 4.69) is 15.4 Å². The molecule has 0 saturated carbocycles. The lowest BCUT2D eigenvalue weighted by molar-refractivity contribution is 0.0693. The van der Waals surface area contributed by atoms with Crippen molar-refractivity contribution in [3.05, 3.63) is 93.4 Å². The lowest BCUT2D eigenvalue weighted by atomic mass is 9.98. The van der Waals surface area contributed by atoms with Crippen molar-refractivity contribution in [1.82, 2.24) is 24.8 Å². The summed E-state index contributed by atoms with van der Waals surface area (Å²) < 4.78 is 1.42. The number of aromatic carboxylic acids is 1. The topological polar surface area (TPSA) is 143 Å². The standard InChI is InChI=1S/C28H26N6O4/c1-15-19-6-7-22(21(19)5-4-20(15)28(37)38)32-26(35)24-13-23(31-25-8-10-30-34(24)25)27(36)33-11-9-16-2-3-18(29)12-17(16)14-33/h2-5,8,10,12-13,22H,6-7,9,11,14,29H2,1H3,(H,32,35)(H,37,38)/t22-/m0/s1. The first-order valence-corrected chi connectivity index (χ1v) is 12.5. The van der Waals surface area contributed by atoms with E-state index in [9.17, 15) is 19.5 Å². The molecular weight excluding hydrogens is 484 g/mol. The molecule has 0 fully saturated rings. The summed E-state index contributed by atoms with van der Waals surface area (Å²) in [7, 11) is 0. The molecule has 2 aliphatic rings. The van der Waals surface area contributed by atoms with Crippen molar-refractivity contribution in [3.8, 4) is 0 Å². The highest BCUT2D eigenvalue weighted by atomic mass is 16.4. The molecule has 0 radical (unpaired) electrons. The summed E-state index contributed by atoms with van der Waals surface area (Å²) in [5, 5.41) is 16.7. The first-order chi connectivity index (χ1) is 18.3. The van der Waals surface area contributed by atoms with E-state index in [0.717, 1.165) is 22.3 Å². The number of hydrogen-bond acceptors (Lipinski definition) is 6. The number of nitrogen functional groups attached to an aromatic ring is 1. The number of rotatable bonds is 4. The number of carboxylic acid groups (broad SMARTS) is 1. The van der Waals surface area contributed by atoms with Gasteiger partial charge in [-0.1, -0.05) is 12.1 Å². The van der Waals surface area contributed by atoms with Gasteiger partial charge in [0.2, 0.25) is 0 Å². The average Bonchev–Trinajstić information content (AvgIpc) is 3.54. The fourth-order valence-electron chi connectivity index (χ4n) is 5.59. The SMILES string of the molecule is Cc1c(C(=O)O)ccc2c1CC[C@@H]2NC(=O)c1cc(C(=O)N2CCc3ccc(N)cc3C2)nc2ccnn12. The number of nitrogens with one attached hydrogen (secondary N) is 1. The van der Waals surface area contributed by atoms with E-state index in [4.69, 9.17) is 5.73 Å². The zero-order valence-electron chi connectivity index (χ0n) is 20.8. The Labute approximate surface area is 218 Å². The summed E-state index contributed by atoms with van der Waals surface area (Å²) in [5.41, 5.74) is 12.4. The molecule has 4 N–H and O–H groups in total. The summed E-state index contributed by atoms with van der Waals surface area (Å²) in [5.74, 6) is -1.61. The Balaban J connectivity index is 1.28. The monoisotopic (exact) mass is 510 g/mol. The minimum Gasteiger partial charge on any atom is -0.478 e. The van der Waals surface area contributed by atoms with Crippen LogP contribution in [0, 0.1) is 6.92 Å². The van der Waals surface area contributed by atoms with E-state index in [0.29, 0.717) is 43.7 Å². The van der Waals surface area contributed by atoms with Crippen LogP contribution < -0.4 is 11.1 Å². The molecule has 2 amide bonds. The predicted molar refractivity (Wildman–Crippen MR) is 139 cm³/mol. The van der Waals surface area contributed by atoms with Crippen LogP contribution in [0.5, 0.6) is 0 Å². The van der Waals surface area contributed by atoms with E-state index >= 15 is 0 Å². The molecule has 6 rings (SSSR count). The lowest BCUT2D eigenvalue weighted by Crippen LogP contribution is -2.37. The van der Waals surface area contributed by atoms with Crippen molar-refractivity contribution >= 4 is 29.1 Å². The molecule has 192 valence electrons. The van der Waals surface area contributed by atoms with Crippen LogP contribution in [0.4, 0.5) is 5.69 Å². The highest BCUT2D eigenvalue weighted by Gasteiger charge is 2.30. The Morgan fingerprint density at radius 2 is 1.92 bits per heavy atom. The Bertz CT molecular complexity index is 1640. The van der Waals surface area contributed by atoms with Crippen molar-refractivity contribution in [2.45, 2.75) is 38.8 Å². The third-order valence-corrected chi connectivity index (χ3v) is 7.57. The molecule has 2 aromatic carbocycles. The van der Waals surface area contributed by atoms with Gasteiger partial charge in [0.25, 0.3) is 11.8 Å². The number of fused-ring (bicyclic) bond motifs is 3. The smallest absolute Gasteiger partial charge is 0.335 e. The second-order valence-corrected chi connectivity index (χ2v) is 9.81. The lowest BCUT2D eigenvalue weighted by Gasteiger charge is -2.29. The van der Waals surface area contributed by atoms with Crippen molar-refractivity contribution in [2.75, 3.05) is 12.3 Å². The van der Waals surface area contributed by atoms with Gasteiger partial charge in [-0.25, -0.2) is 14.3 Å². The number of carboxylic acids is 1. The van der Waals surface area contributed by atoms with Crippen LogP contribution in [-0.4, -0.2) is 48.9 Å². The summed E-state index contributed by atoms with van der Waals surface area (Å²) in [4.78, 5) is 44.7. The molecule has 1 atom stereocenters. The second kappa shape index (κ2) is 8.98. The highest BCUT2D eigenvalue weighted by molar-refractivity contribution is 5.98. The molecule has 0 bridgehead atoms. The molecule has 3 heterocycles. The average molecular weight is 511 g/mol. The quantitative estimate of drug-likeness (QED) is 0.358. The summed E-state index contributed by atoms with van der Waals surface area (Å²) in [6, 6.07) is 12.0. The molecule has 0 unspecified atom stereocenters. The van der Waals surface area contributed by atoms with E-state index in [1.54, 1.807) is 30.0 Å². The zero-order valence-corrected chi connectivity index (χ0v) is 20.8. The first-order valence-electron chi connectivity index (χ1n) is 12.5. The Morgan fingerprint density at radius 3 is 2.74 bits per heavy atom. The van der Waals surface area contributed by atoms with Crippen LogP contribution in [-0.2, 0) is 19.4 Å². The van der Waals surface area contributed by atoms with E-state index < -0.39 is 5.97 Å². The normalized spacial score (nSPS) is 16.2. The molecule has 4 aromatic rings. The number of nitrogens with two attached hydrogens (primary N) is 1. The fourth-order valence-corrected chi connectivity index (χ4v) is 5.59. The summed E-state index contributed by atoms with van der Waals surface area (Å²) in [6.45, 7) is 2.76. The molecule has 38 heavy (non-hydrogen) atoms. The van der Waals surface area contributed by atoms with Gasteiger partial charge < -0.3 is 21.1 Å². The number of benzene rings is 2. The summed E-state index contributed by atoms with van der Waals surface area (Å²) in [6.07, 6.45) is 3.58. The Kier molecular flexibility index (Phi) is 5.59. The summed E-state index contributed by atoms with van der Waals surface area (Å²) >= 11 is 0. The van der Waals surface area contributed by atoms with Gasteiger partial charge in [-0.05, 0) is 72.2 Å². The van der Waals surface area contributed by atoms with Crippen LogP contribution >= 0.6 is 0 Å². The van der Waals surface area contributed by atoms with Crippen molar-refractivity contribution in [3.63, 3.8) is 0 Å². The van der Waals surface area contributed by atoms with Crippen molar-refractivity contribution in [1.29, 1.82) is 0 Å². The molecule has 2 aromatic heterocycles. The molecule has 1 aliphatic carbocycles. The molecular formula is C28H26N6O4. The Morgan fingerprint density at radius 1 is 1.08 bits per heavy atom. The largest absolute Gasteiger partial charge is 0.478 e. The second-order valence-electron chi connectivity index (χ2n) is 9.81. The number of amides is 2. The van der Waals surface area contributed by atoms with E-state index in [-0.39, 0.29) is 34.8 Å². The van der Waals surface area contributed by atoms with Crippen LogP contribution in [0.15, 0.2) is 48.7 Å². The number of nitrogens with zero attached hydrogens (tertiary/aromatic N) is 4. The van der Waals surface area contributed by atoms with Gasteiger partial charge in [-0.3, -0.25) is 9.59 Å². The van der Waals surface area contributed by atoms with Gasteiger partial charge in [0.1, 0.15) is 11.4 Å². The van der Waals surface area contributed by atoms with Crippen molar-refractivity contribution in [2.24, 2.45) is 0 Å². The highest BCUT2D eigenvalue weighted by Crippen LogP contribution is 2.35. The van der Waals surface area contributed by atoms with Gasteiger partial charge in [-0.2, -0.15) is 5.10 Å². The maximum atomic E-state index is 13.5. The van der Waals surface area contributed by atoms with Crippen molar-refractivity contribution < 1.29 is 19.5 Å². The third kappa shape index (κ3) is 3.94. The molecule has 1 aliphatic heterocycles. The van der Waals surface area contributed by atoms with Gasteiger partial charge in [0.05, 0.1) is 17.8 Å². The number of anilines is 1. The number of hydrogen-bond donors (Lipinski definition) is 3. The minimum absolute atomic E-state index is 0.171. The number of aromatic nitrogens is 3. The predicted octanol–water partition coefficient (Wildman–Crippen LogP) is 2.93. The van der Waals surface area contributed by atoms with Gasteiger partial charge >= 0.3 is 5.97 Å². The first kappa shape index (κ1) is 23.7. The Hall–Kier alpha value is -4.73. The van der Waals surface area contributed by atoms with Crippen LogP contribution in [0.25, 0.3) is 5.65 Å². The number of carbonyl (C=O) groups excluding carboxylic acids is 2. The minimum atomic E-state index is -0.964. The maximum absolute atomic E-state index is 13.5. The number of carbonyl (C=O) groups is 3. The zero-order chi connectivity index (χ0) is 26.6. The van der Waals surface area contributed by atoms with Crippen LogP contribution in [0.2, 0.25) is 0 Å². The third-order valence-electron chi connectivity index (χ3n) is 7.57.